The van der Waals surface area contributed by atoms with Crippen LogP contribution < -0.4 is 10.6 Å². The van der Waals surface area contributed by atoms with Gasteiger partial charge in [-0.25, -0.2) is 0 Å². The number of pyridine rings is 1. The highest BCUT2D eigenvalue weighted by Crippen LogP contribution is 2.32. The van der Waals surface area contributed by atoms with E-state index in [0.29, 0.717) is 0 Å². The minimum absolute atomic E-state index is 0.732. The molecule has 0 aliphatic heterocycles. The predicted octanol–water partition coefficient (Wildman–Crippen LogP) is 4.93. The fourth-order valence-corrected chi connectivity index (χ4v) is 3.74. The largest absolute Gasteiger partial charge is 0.398 e. The molecule has 0 fully saturated rings. The Morgan fingerprint density at radius 2 is 2.14 bits per heavy atom. The van der Waals surface area contributed by atoms with Crippen molar-refractivity contribution in [2.45, 2.75) is 6.54 Å². The fraction of sp³-hybridized carbons (Fsp3) is 0.133. The van der Waals surface area contributed by atoms with E-state index in [2.05, 4.69) is 25.8 Å². The number of thiophene rings is 1. The number of hydrogen-bond acceptors (Lipinski definition) is 4. The van der Waals surface area contributed by atoms with E-state index in [9.17, 15) is 0 Å². The predicted molar refractivity (Wildman–Crippen MR) is 95.3 cm³/mol. The van der Waals surface area contributed by atoms with Crippen LogP contribution in [0.15, 0.2) is 41.0 Å². The SMILES string of the molecule is CN(Cc1ccc(Cl)s1)c1ccc(N)c2cc(Br)cnc12. The maximum Gasteiger partial charge on any atom is 0.0956 e. The van der Waals surface area contributed by atoms with Crippen molar-refractivity contribution in [2.75, 3.05) is 17.7 Å². The molecular weight excluding hydrogens is 370 g/mol. The molecule has 0 spiro atoms. The topological polar surface area (TPSA) is 42.1 Å². The highest BCUT2D eigenvalue weighted by Gasteiger charge is 2.11. The van der Waals surface area contributed by atoms with E-state index in [1.165, 1.54) is 4.88 Å². The first-order chi connectivity index (χ1) is 10.0. The van der Waals surface area contributed by atoms with Crippen LogP contribution in [-0.2, 0) is 6.54 Å². The minimum Gasteiger partial charge on any atom is -0.398 e. The van der Waals surface area contributed by atoms with Crippen molar-refractivity contribution >= 4 is 61.1 Å². The molecule has 0 amide bonds. The molecular formula is C15H13BrClN3S. The van der Waals surface area contributed by atoms with E-state index in [-0.39, 0.29) is 0 Å². The smallest absolute Gasteiger partial charge is 0.0956 e. The van der Waals surface area contributed by atoms with E-state index in [4.69, 9.17) is 17.3 Å². The van der Waals surface area contributed by atoms with Gasteiger partial charge in [0.1, 0.15) is 0 Å². The average Bonchev–Trinajstić information content (AvgIpc) is 2.85. The molecule has 0 bridgehead atoms. The zero-order valence-electron chi connectivity index (χ0n) is 11.3. The molecule has 3 rings (SSSR count). The van der Waals surface area contributed by atoms with Gasteiger partial charge in [0.15, 0.2) is 0 Å². The van der Waals surface area contributed by atoms with Crippen molar-refractivity contribution in [3.63, 3.8) is 0 Å². The quantitative estimate of drug-likeness (QED) is 0.653. The molecule has 3 nitrogen and oxygen atoms in total. The average molecular weight is 383 g/mol. The van der Waals surface area contributed by atoms with Crippen molar-refractivity contribution in [3.05, 3.63) is 50.2 Å². The Balaban J connectivity index is 2.01. The molecule has 21 heavy (non-hydrogen) atoms. The molecule has 1 aromatic carbocycles. The molecule has 2 heterocycles. The molecule has 6 heteroatoms. The maximum atomic E-state index is 6.06. The summed E-state index contributed by atoms with van der Waals surface area (Å²) < 4.78 is 1.73. The summed E-state index contributed by atoms with van der Waals surface area (Å²) in [5.41, 5.74) is 8.74. The van der Waals surface area contributed by atoms with Crippen molar-refractivity contribution in [3.8, 4) is 0 Å². The minimum atomic E-state index is 0.732. The number of halogens is 2. The molecule has 0 aliphatic rings. The number of aromatic nitrogens is 1. The van der Waals surface area contributed by atoms with Gasteiger partial charge >= 0.3 is 0 Å². The summed E-state index contributed by atoms with van der Waals surface area (Å²) in [6.45, 7) is 0.786. The third kappa shape index (κ3) is 3.00. The van der Waals surface area contributed by atoms with Gasteiger partial charge in [-0.2, -0.15) is 0 Å². The van der Waals surface area contributed by atoms with Gasteiger partial charge in [0.25, 0.3) is 0 Å². The Kier molecular flexibility index (Phi) is 4.06. The lowest BCUT2D eigenvalue weighted by Gasteiger charge is -2.20. The molecule has 2 N–H and O–H groups in total. The van der Waals surface area contributed by atoms with Crippen LogP contribution in [0.2, 0.25) is 4.34 Å². The molecule has 2 aromatic heterocycles. The Morgan fingerprint density at radius 3 is 2.86 bits per heavy atom. The second-order valence-electron chi connectivity index (χ2n) is 4.79. The lowest BCUT2D eigenvalue weighted by Crippen LogP contribution is -2.16. The van der Waals surface area contributed by atoms with Gasteiger partial charge in [0, 0.05) is 33.7 Å². The highest BCUT2D eigenvalue weighted by molar-refractivity contribution is 9.10. The van der Waals surface area contributed by atoms with Gasteiger partial charge in [-0.05, 0) is 46.3 Å². The number of nitrogen functional groups attached to an aromatic ring is 1. The molecule has 0 unspecified atom stereocenters. The Labute approximate surface area is 140 Å². The second kappa shape index (κ2) is 5.83. The number of rotatable bonds is 3. The van der Waals surface area contributed by atoms with Gasteiger partial charge in [-0.1, -0.05) is 11.6 Å². The Hall–Kier alpha value is -1.30. The molecule has 3 aromatic rings. The summed E-state index contributed by atoms with van der Waals surface area (Å²) in [5, 5.41) is 0.956. The van der Waals surface area contributed by atoms with Crippen molar-refractivity contribution in [2.24, 2.45) is 0 Å². The van der Waals surface area contributed by atoms with Gasteiger partial charge in [0.05, 0.1) is 22.1 Å². The van der Waals surface area contributed by atoms with Crippen molar-refractivity contribution in [1.82, 2.24) is 4.98 Å². The zero-order valence-corrected chi connectivity index (χ0v) is 14.5. The third-order valence-electron chi connectivity index (χ3n) is 3.26. The number of hydrogen-bond donors (Lipinski definition) is 1. The molecule has 0 radical (unpaired) electrons. The van der Waals surface area contributed by atoms with Crippen LogP contribution in [0.5, 0.6) is 0 Å². The van der Waals surface area contributed by atoms with Gasteiger partial charge in [-0.15, -0.1) is 11.3 Å². The van der Waals surface area contributed by atoms with Gasteiger partial charge in [0.2, 0.25) is 0 Å². The van der Waals surface area contributed by atoms with Gasteiger partial charge < -0.3 is 10.6 Å². The molecule has 0 saturated carbocycles. The highest BCUT2D eigenvalue weighted by atomic mass is 79.9. The number of benzene rings is 1. The normalized spacial score (nSPS) is 11.0. The van der Waals surface area contributed by atoms with E-state index < -0.39 is 0 Å². The first-order valence-corrected chi connectivity index (χ1v) is 8.32. The van der Waals surface area contributed by atoms with Crippen LogP contribution in [0.4, 0.5) is 11.4 Å². The summed E-state index contributed by atoms with van der Waals surface area (Å²) in [6.07, 6.45) is 1.79. The molecule has 0 aliphatic carbocycles. The third-order valence-corrected chi connectivity index (χ3v) is 4.91. The standard InChI is InChI=1S/C15H13BrClN3S/c1-20(8-10-2-5-14(17)21-10)13-4-3-12(18)11-6-9(16)7-19-15(11)13/h2-7H,8,18H2,1H3. The second-order valence-corrected chi connectivity index (χ2v) is 7.50. The lowest BCUT2D eigenvalue weighted by atomic mass is 10.1. The number of nitrogens with two attached hydrogens (primary N) is 1. The van der Waals surface area contributed by atoms with Crippen LogP contribution in [0.25, 0.3) is 10.9 Å². The summed E-state index contributed by atoms with van der Waals surface area (Å²) in [6, 6.07) is 9.90. The number of nitrogens with zero attached hydrogens (tertiary/aromatic N) is 2. The summed E-state index contributed by atoms with van der Waals surface area (Å²) in [7, 11) is 2.04. The number of fused-ring (bicyclic) bond motifs is 1. The van der Waals surface area contributed by atoms with Crippen LogP contribution in [-0.4, -0.2) is 12.0 Å². The van der Waals surface area contributed by atoms with E-state index in [1.54, 1.807) is 17.5 Å². The fourth-order valence-electron chi connectivity index (χ4n) is 2.26. The van der Waals surface area contributed by atoms with E-state index in [0.717, 1.165) is 37.6 Å². The Morgan fingerprint density at radius 1 is 1.33 bits per heavy atom. The monoisotopic (exact) mass is 381 g/mol. The molecule has 108 valence electrons. The molecule has 0 saturated heterocycles. The number of anilines is 2. The summed E-state index contributed by atoms with van der Waals surface area (Å²) in [5.74, 6) is 0. The Bertz CT molecular complexity index is 803. The van der Waals surface area contributed by atoms with Gasteiger partial charge in [-0.3, -0.25) is 4.98 Å². The van der Waals surface area contributed by atoms with Crippen LogP contribution in [0, 0.1) is 0 Å². The van der Waals surface area contributed by atoms with E-state index >= 15 is 0 Å². The maximum absolute atomic E-state index is 6.06. The van der Waals surface area contributed by atoms with Crippen LogP contribution in [0.3, 0.4) is 0 Å². The van der Waals surface area contributed by atoms with Crippen LogP contribution >= 0.6 is 38.9 Å². The van der Waals surface area contributed by atoms with Crippen molar-refractivity contribution in [1.29, 1.82) is 0 Å². The first-order valence-electron chi connectivity index (χ1n) is 6.33. The summed E-state index contributed by atoms with van der Waals surface area (Å²) >= 11 is 11.0. The first kappa shape index (κ1) is 14.6. The van der Waals surface area contributed by atoms with Crippen LogP contribution in [0.1, 0.15) is 4.88 Å². The zero-order chi connectivity index (χ0) is 15.0. The van der Waals surface area contributed by atoms with Crippen molar-refractivity contribution < 1.29 is 0 Å². The lowest BCUT2D eigenvalue weighted by molar-refractivity contribution is 0.944. The molecule has 0 atom stereocenters. The summed E-state index contributed by atoms with van der Waals surface area (Å²) in [4.78, 5) is 7.89. The van der Waals surface area contributed by atoms with E-state index in [1.807, 2.05) is 37.4 Å².